The van der Waals surface area contributed by atoms with Crippen molar-refractivity contribution in [2.45, 2.75) is 69.9 Å². The topological polar surface area (TPSA) is 130 Å². The van der Waals surface area contributed by atoms with Gasteiger partial charge < -0.3 is 16.5 Å². The summed E-state index contributed by atoms with van der Waals surface area (Å²) in [5, 5.41) is 8.37. The molecule has 0 spiro atoms. The number of rotatable bonds is 12. The Morgan fingerprint density at radius 1 is 1.16 bits per heavy atom. The molecule has 8 nitrogen and oxygen atoms in total. The van der Waals surface area contributed by atoms with E-state index in [0.29, 0.717) is 34.3 Å². The maximum Gasteiger partial charge on any atom is 0.354 e. The van der Waals surface area contributed by atoms with E-state index < -0.39 is 11.5 Å². The predicted octanol–water partition coefficient (Wildman–Crippen LogP) is 6.78. The van der Waals surface area contributed by atoms with E-state index in [-0.39, 0.29) is 16.2 Å². The van der Waals surface area contributed by atoms with Gasteiger partial charge in [-0.25, -0.2) is 9.18 Å². The molecule has 6 N–H and O–H groups in total. The third kappa shape index (κ3) is 7.62. The number of H-pyrrole nitrogens is 1. The first kappa shape index (κ1) is 31.8. The van der Waals surface area contributed by atoms with Gasteiger partial charge in [-0.3, -0.25) is 14.9 Å². The number of aromatic amines is 1. The number of fused-ring (bicyclic) bond motifs is 1. The summed E-state index contributed by atoms with van der Waals surface area (Å²) in [4.78, 5) is 23.1. The van der Waals surface area contributed by atoms with Gasteiger partial charge >= 0.3 is 5.69 Å². The zero-order chi connectivity index (χ0) is 31.5. The molecule has 45 heavy (non-hydrogen) atoms. The number of benzene rings is 2. The minimum Gasteiger partial charge on any atom is -0.379 e. The van der Waals surface area contributed by atoms with Crippen molar-refractivity contribution in [1.29, 1.82) is 5.41 Å². The standard InChI is InChI=1S/C34H41ClFN7OS/c35-27-18-21(5-3-6-28(37)22-8-9-22)17-26(31(27)36)29-19-24-20-43(34(44)41-32(24)40-29)25-12-10-23(11-13-25)30-7-1-2-14-42(30)15-4-16-45-33(38)39/h10-13,17-20,22,28,30H,1-9,14-16,37H2,(H3,38,39)(H,40,41,44)/t28-,30+/m1/s1. The minimum atomic E-state index is -0.498. The van der Waals surface area contributed by atoms with Crippen LogP contribution in [0.4, 0.5) is 4.39 Å². The first-order valence-electron chi connectivity index (χ1n) is 15.9. The van der Waals surface area contributed by atoms with Crippen LogP contribution < -0.4 is 17.2 Å². The second kappa shape index (κ2) is 14.1. The van der Waals surface area contributed by atoms with Crippen LogP contribution in [-0.4, -0.2) is 49.5 Å². The first-order chi connectivity index (χ1) is 21.8. The molecule has 3 heterocycles. The van der Waals surface area contributed by atoms with Gasteiger partial charge in [-0.2, -0.15) is 4.98 Å². The monoisotopic (exact) mass is 649 g/mol. The van der Waals surface area contributed by atoms with Crippen LogP contribution in [0.15, 0.2) is 53.5 Å². The summed E-state index contributed by atoms with van der Waals surface area (Å²) in [5.74, 6) is 1.00. The van der Waals surface area contributed by atoms with Crippen molar-refractivity contribution >= 4 is 39.6 Å². The maximum absolute atomic E-state index is 15.2. The number of piperidine rings is 1. The summed E-state index contributed by atoms with van der Waals surface area (Å²) in [6.07, 6.45) is 11.3. The molecule has 2 fully saturated rings. The van der Waals surface area contributed by atoms with Crippen LogP contribution in [0.25, 0.3) is 28.0 Å². The zero-order valence-electron chi connectivity index (χ0n) is 25.4. The van der Waals surface area contributed by atoms with Crippen molar-refractivity contribution in [3.63, 3.8) is 0 Å². The number of nitrogens with one attached hydrogen (secondary N) is 2. The molecule has 6 rings (SSSR count). The Kier molecular flexibility index (Phi) is 9.94. The highest BCUT2D eigenvalue weighted by Crippen LogP contribution is 2.35. The van der Waals surface area contributed by atoms with Gasteiger partial charge in [0.2, 0.25) is 0 Å². The van der Waals surface area contributed by atoms with E-state index in [9.17, 15) is 4.79 Å². The van der Waals surface area contributed by atoms with E-state index in [2.05, 4.69) is 27.0 Å². The zero-order valence-corrected chi connectivity index (χ0v) is 27.0. The van der Waals surface area contributed by atoms with Crippen molar-refractivity contribution in [2.24, 2.45) is 17.4 Å². The Morgan fingerprint density at radius 3 is 2.71 bits per heavy atom. The Labute approximate surface area is 272 Å². The van der Waals surface area contributed by atoms with Gasteiger partial charge in [0.25, 0.3) is 0 Å². The molecule has 238 valence electrons. The lowest BCUT2D eigenvalue weighted by atomic mass is 9.95. The van der Waals surface area contributed by atoms with Gasteiger partial charge in [0.1, 0.15) is 5.65 Å². The second-order valence-electron chi connectivity index (χ2n) is 12.4. The lowest BCUT2D eigenvalue weighted by Gasteiger charge is -2.36. The van der Waals surface area contributed by atoms with Crippen LogP contribution in [0.2, 0.25) is 5.02 Å². The number of nitrogens with two attached hydrogens (primary N) is 2. The molecule has 1 saturated carbocycles. The molecule has 0 amide bonds. The molecule has 1 aliphatic heterocycles. The van der Waals surface area contributed by atoms with Crippen LogP contribution in [0.1, 0.15) is 68.5 Å². The van der Waals surface area contributed by atoms with E-state index in [4.69, 9.17) is 28.5 Å². The normalized spacial score (nSPS) is 18.0. The molecule has 11 heteroatoms. The van der Waals surface area contributed by atoms with Crippen LogP contribution in [-0.2, 0) is 6.42 Å². The number of aromatic nitrogens is 3. The molecule has 2 atom stereocenters. The van der Waals surface area contributed by atoms with E-state index >= 15 is 4.39 Å². The largest absolute Gasteiger partial charge is 0.379 e. The molecule has 1 saturated heterocycles. The minimum absolute atomic E-state index is 0.0757. The van der Waals surface area contributed by atoms with Crippen molar-refractivity contribution in [1.82, 2.24) is 19.4 Å². The molecular weight excluding hydrogens is 609 g/mol. The Hall–Kier alpha value is -3.18. The third-order valence-corrected chi connectivity index (χ3v) is 10.2. The van der Waals surface area contributed by atoms with E-state index in [1.165, 1.54) is 47.6 Å². The van der Waals surface area contributed by atoms with Crippen molar-refractivity contribution in [3.05, 3.63) is 81.1 Å². The fourth-order valence-electron chi connectivity index (χ4n) is 6.55. The third-order valence-electron chi connectivity index (χ3n) is 9.13. The molecule has 0 bridgehead atoms. The average molecular weight is 650 g/mol. The summed E-state index contributed by atoms with van der Waals surface area (Å²) in [5.41, 5.74) is 15.5. The summed E-state index contributed by atoms with van der Waals surface area (Å²) in [6.45, 7) is 2.02. The lowest BCUT2D eigenvalue weighted by Crippen LogP contribution is -2.34. The number of amidine groups is 1. The highest BCUT2D eigenvalue weighted by atomic mass is 35.5. The molecular formula is C34H41ClFN7OS. The average Bonchev–Trinajstić information content (AvgIpc) is 3.81. The Bertz CT molecular complexity index is 1720. The van der Waals surface area contributed by atoms with Crippen molar-refractivity contribution < 1.29 is 4.39 Å². The molecule has 2 aromatic carbocycles. The summed E-state index contributed by atoms with van der Waals surface area (Å²) in [6, 6.07) is 14.0. The second-order valence-corrected chi connectivity index (χ2v) is 14.0. The number of aryl methyl sites for hydroxylation is 1. The van der Waals surface area contributed by atoms with Crippen LogP contribution >= 0.6 is 23.4 Å². The summed E-state index contributed by atoms with van der Waals surface area (Å²) in [7, 11) is 0. The molecule has 0 radical (unpaired) electrons. The quantitative estimate of drug-likeness (QED) is 0.0761. The highest BCUT2D eigenvalue weighted by Gasteiger charge is 2.28. The van der Waals surface area contributed by atoms with Gasteiger partial charge in [0.05, 0.1) is 16.4 Å². The molecule has 2 aliphatic rings. The van der Waals surface area contributed by atoms with Crippen LogP contribution in [0, 0.1) is 17.1 Å². The summed E-state index contributed by atoms with van der Waals surface area (Å²) < 4.78 is 16.8. The van der Waals surface area contributed by atoms with E-state index in [0.717, 1.165) is 62.2 Å². The number of nitrogens with zero attached hydrogens (tertiary/aromatic N) is 3. The molecule has 0 unspecified atom stereocenters. The summed E-state index contributed by atoms with van der Waals surface area (Å²) >= 11 is 7.71. The molecule has 4 aromatic rings. The fourth-order valence-corrected chi connectivity index (χ4v) is 7.29. The molecule has 1 aliphatic carbocycles. The van der Waals surface area contributed by atoms with Gasteiger partial charge in [-0.1, -0.05) is 41.9 Å². The highest BCUT2D eigenvalue weighted by molar-refractivity contribution is 8.13. The van der Waals surface area contributed by atoms with E-state index in [1.54, 1.807) is 12.3 Å². The van der Waals surface area contributed by atoms with Crippen LogP contribution in [0.3, 0.4) is 0 Å². The fraction of sp³-hybridized carbons (Fsp3) is 0.441. The predicted molar refractivity (Wildman–Crippen MR) is 183 cm³/mol. The van der Waals surface area contributed by atoms with Crippen molar-refractivity contribution in [3.8, 4) is 16.9 Å². The smallest absolute Gasteiger partial charge is 0.354 e. The number of hydrogen-bond acceptors (Lipinski definition) is 6. The number of halogens is 2. The SMILES string of the molecule is N=C(N)SCCCN1CCCC[C@H]1c1ccc(-n2cc3cc(-c4cc(CCC[C@@H](N)C5CC5)cc(Cl)c4F)[nH]c3nc2=O)cc1. The number of hydrogen-bond donors (Lipinski definition) is 4. The van der Waals surface area contributed by atoms with Gasteiger partial charge in [0, 0.05) is 35.0 Å². The van der Waals surface area contributed by atoms with E-state index in [1.807, 2.05) is 24.3 Å². The Balaban J connectivity index is 1.19. The maximum atomic E-state index is 15.2. The first-order valence-corrected chi connectivity index (χ1v) is 17.3. The number of thioether (sulfide) groups is 1. The van der Waals surface area contributed by atoms with Gasteiger partial charge in [-0.05, 0) is 112 Å². The van der Waals surface area contributed by atoms with Crippen molar-refractivity contribution in [2.75, 3.05) is 18.8 Å². The molecule has 2 aromatic heterocycles. The number of likely N-dealkylation sites (tertiary alicyclic amines) is 1. The lowest BCUT2D eigenvalue weighted by molar-refractivity contribution is 0.149. The van der Waals surface area contributed by atoms with Gasteiger partial charge in [-0.15, -0.1) is 0 Å². The van der Waals surface area contributed by atoms with Crippen LogP contribution in [0.5, 0.6) is 0 Å². The van der Waals surface area contributed by atoms with Gasteiger partial charge in [0.15, 0.2) is 11.0 Å². The Morgan fingerprint density at radius 2 is 1.96 bits per heavy atom.